The lowest BCUT2D eigenvalue weighted by molar-refractivity contribution is 0.427. The summed E-state index contributed by atoms with van der Waals surface area (Å²) in [5.41, 5.74) is 1.14. The first kappa shape index (κ1) is 9.34. The van der Waals surface area contributed by atoms with E-state index in [0.717, 1.165) is 5.56 Å². The molecular formula is C11H12N2. The Morgan fingerprint density at radius 2 is 2.08 bits per heavy atom. The van der Waals surface area contributed by atoms with Gasteiger partial charge in [0.15, 0.2) is 6.19 Å². The SMILES string of the molecule is C=CCN(C#N)Cc1ccccc1. The van der Waals surface area contributed by atoms with Gasteiger partial charge in [0.05, 0.1) is 6.54 Å². The third kappa shape index (κ3) is 3.00. The molecule has 0 saturated carbocycles. The highest BCUT2D eigenvalue weighted by molar-refractivity contribution is 5.15. The summed E-state index contributed by atoms with van der Waals surface area (Å²) in [5, 5.41) is 8.75. The van der Waals surface area contributed by atoms with Crippen molar-refractivity contribution in [1.29, 1.82) is 5.26 Å². The van der Waals surface area contributed by atoms with Crippen LogP contribution in [0.4, 0.5) is 0 Å². The van der Waals surface area contributed by atoms with E-state index in [4.69, 9.17) is 5.26 Å². The van der Waals surface area contributed by atoms with Gasteiger partial charge in [0.1, 0.15) is 0 Å². The molecule has 0 aliphatic rings. The third-order valence-corrected chi connectivity index (χ3v) is 1.71. The van der Waals surface area contributed by atoms with Crippen LogP contribution in [-0.2, 0) is 6.54 Å². The van der Waals surface area contributed by atoms with Gasteiger partial charge < -0.3 is 4.90 Å². The highest BCUT2D eigenvalue weighted by Gasteiger charge is 1.99. The summed E-state index contributed by atoms with van der Waals surface area (Å²) in [6, 6.07) is 9.92. The van der Waals surface area contributed by atoms with E-state index in [2.05, 4.69) is 12.8 Å². The smallest absolute Gasteiger partial charge is 0.179 e. The highest BCUT2D eigenvalue weighted by Crippen LogP contribution is 2.02. The lowest BCUT2D eigenvalue weighted by atomic mass is 10.2. The molecule has 0 aromatic heterocycles. The van der Waals surface area contributed by atoms with Gasteiger partial charge in [0, 0.05) is 6.54 Å². The first-order valence-corrected chi connectivity index (χ1v) is 4.16. The molecule has 1 rings (SSSR count). The summed E-state index contributed by atoms with van der Waals surface area (Å²) < 4.78 is 0. The zero-order valence-electron chi connectivity index (χ0n) is 7.48. The van der Waals surface area contributed by atoms with Crippen molar-refractivity contribution in [2.24, 2.45) is 0 Å². The molecule has 0 fully saturated rings. The van der Waals surface area contributed by atoms with E-state index < -0.39 is 0 Å². The molecule has 0 radical (unpaired) electrons. The number of nitriles is 1. The zero-order valence-corrected chi connectivity index (χ0v) is 7.48. The molecule has 0 unspecified atom stereocenters. The normalized spacial score (nSPS) is 8.85. The Morgan fingerprint density at radius 1 is 1.38 bits per heavy atom. The van der Waals surface area contributed by atoms with Gasteiger partial charge in [-0.2, -0.15) is 5.26 Å². The number of hydrogen-bond acceptors (Lipinski definition) is 2. The predicted octanol–water partition coefficient (Wildman–Crippen LogP) is 2.16. The van der Waals surface area contributed by atoms with Crippen LogP contribution in [0.25, 0.3) is 0 Å². The molecule has 0 heterocycles. The maximum Gasteiger partial charge on any atom is 0.179 e. The van der Waals surface area contributed by atoms with Gasteiger partial charge in [-0.1, -0.05) is 36.4 Å². The third-order valence-electron chi connectivity index (χ3n) is 1.71. The van der Waals surface area contributed by atoms with Crippen molar-refractivity contribution in [2.75, 3.05) is 6.54 Å². The van der Waals surface area contributed by atoms with Crippen LogP contribution in [0, 0.1) is 11.5 Å². The minimum atomic E-state index is 0.603. The molecule has 0 saturated heterocycles. The van der Waals surface area contributed by atoms with E-state index in [0.29, 0.717) is 13.1 Å². The van der Waals surface area contributed by atoms with Crippen LogP contribution in [-0.4, -0.2) is 11.4 Å². The molecule has 0 spiro atoms. The van der Waals surface area contributed by atoms with Gasteiger partial charge in [-0.05, 0) is 5.56 Å². The summed E-state index contributed by atoms with van der Waals surface area (Å²) in [6.07, 6.45) is 3.84. The topological polar surface area (TPSA) is 27.0 Å². The average Bonchev–Trinajstić information content (AvgIpc) is 2.19. The molecule has 0 amide bonds. The Labute approximate surface area is 78.7 Å². The second kappa shape index (κ2) is 5.00. The Hall–Kier alpha value is -1.75. The average molecular weight is 172 g/mol. The van der Waals surface area contributed by atoms with Crippen molar-refractivity contribution in [2.45, 2.75) is 6.54 Å². The largest absolute Gasteiger partial charge is 0.302 e. The highest BCUT2D eigenvalue weighted by atomic mass is 15.1. The fraction of sp³-hybridized carbons (Fsp3) is 0.182. The van der Waals surface area contributed by atoms with E-state index in [1.165, 1.54) is 0 Å². The number of benzene rings is 1. The molecule has 2 nitrogen and oxygen atoms in total. The summed E-state index contributed by atoms with van der Waals surface area (Å²) in [5.74, 6) is 0. The molecule has 0 N–H and O–H groups in total. The first-order valence-electron chi connectivity index (χ1n) is 4.16. The number of nitrogens with zero attached hydrogens (tertiary/aromatic N) is 2. The second-order valence-corrected chi connectivity index (χ2v) is 2.75. The molecule has 2 heteroatoms. The minimum absolute atomic E-state index is 0.603. The van der Waals surface area contributed by atoms with Gasteiger partial charge in [-0.3, -0.25) is 0 Å². The van der Waals surface area contributed by atoms with E-state index in [1.54, 1.807) is 11.0 Å². The molecule has 1 aromatic carbocycles. The minimum Gasteiger partial charge on any atom is -0.302 e. The molecule has 1 aromatic rings. The molecule has 13 heavy (non-hydrogen) atoms. The molecular weight excluding hydrogens is 160 g/mol. The summed E-state index contributed by atoms with van der Waals surface area (Å²) >= 11 is 0. The number of hydrogen-bond donors (Lipinski definition) is 0. The van der Waals surface area contributed by atoms with E-state index >= 15 is 0 Å². The standard InChI is InChI=1S/C11H12N2/c1-2-8-13(10-12)9-11-6-4-3-5-7-11/h2-7H,1,8-9H2. The summed E-state index contributed by atoms with van der Waals surface area (Å²) in [7, 11) is 0. The fourth-order valence-electron chi connectivity index (χ4n) is 1.10. The van der Waals surface area contributed by atoms with Gasteiger partial charge in [-0.25, -0.2) is 0 Å². The van der Waals surface area contributed by atoms with Crippen LogP contribution in [0.5, 0.6) is 0 Å². The fourth-order valence-corrected chi connectivity index (χ4v) is 1.10. The maximum absolute atomic E-state index is 8.75. The van der Waals surface area contributed by atoms with Crippen molar-refractivity contribution >= 4 is 0 Å². The molecule has 0 bridgehead atoms. The quantitative estimate of drug-likeness (QED) is 0.395. The van der Waals surface area contributed by atoms with Crippen LogP contribution in [0.3, 0.4) is 0 Å². The van der Waals surface area contributed by atoms with Gasteiger partial charge in [0.2, 0.25) is 0 Å². The molecule has 0 aliphatic heterocycles. The predicted molar refractivity (Wildman–Crippen MR) is 52.7 cm³/mol. The van der Waals surface area contributed by atoms with Crippen molar-refractivity contribution < 1.29 is 0 Å². The van der Waals surface area contributed by atoms with E-state index in [-0.39, 0.29) is 0 Å². The first-order chi connectivity index (χ1) is 6.36. The Bertz CT molecular complexity index is 298. The van der Waals surface area contributed by atoms with Gasteiger partial charge in [0.25, 0.3) is 0 Å². The Morgan fingerprint density at radius 3 is 2.62 bits per heavy atom. The van der Waals surface area contributed by atoms with Gasteiger partial charge >= 0.3 is 0 Å². The van der Waals surface area contributed by atoms with Crippen molar-refractivity contribution in [3.05, 3.63) is 48.6 Å². The van der Waals surface area contributed by atoms with E-state index in [1.807, 2.05) is 30.3 Å². The molecule has 66 valence electrons. The van der Waals surface area contributed by atoms with Crippen molar-refractivity contribution in [3.8, 4) is 6.19 Å². The van der Waals surface area contributed by atoms with Crippen LogP contribution in [0.15, 0.2) is 43.0 Å². The van der Waals surface area contributed by atoms with Gasteiger partial charge in [-0.15, -0.1) is 6.58 Å². The van der Waals surface area contributed by atoms with Crippen LogP contribution < -0.4 is 0 Å². The lowest BCUT2D eigenvalue weighted by Crippen LogP contribution is -2.16. The van der Waals surface area contributed by atoms with Crippen molar-refractivity contribution in [3.63, 3.8) is 0 Å². The molecule has 0 aliphatic carbocycles. The van der Waals surface area contributed by atoms with Crippen LogP contribution >= 0.6 is 0 Å². The Kier molecular flexibility index (Phi) is 3.59. The van der Waals surface area contributed by atoms with Crippen LogP contribution in [0.1, 0.15) is 5.56 Å². The zero-order chi connectivity index (χ0) is 9.52. The maximum atomic E-state index is 8.75. The van der Waals surface area contributed by atoms with Crippen molar-refractivity contribution in [1.82, 2.24) is 4.90 Å². The van der Waals surface area contributed by atoms with E-state index in [9.17, 15) is 0 Å². The number of rotatable bonds is 4. The summed E-state index contributed by atoms with van der Waals surface area (Å²) in [6.45, 7) is 4.86. The summed E-state index contributed by atoms with van der Waals surface area (Å²) in [4.78, 5) is 1.66. The lowest BCUT2D eigenvalue weighted by Gasteiger charge is -2.12. The second-order valence-electron chi connectivity index (χ2n) is 2.75. The van der Waals surface area contributed by atoms with Crippen LogP contribution in [0.2, 0.25) is 0 Å². The Balaban J connectivity index is 2.58. The molecule has 0 atom stereocenters. The monoisotopic (exact) mass is 172 g/mol.